The molecule has 0 fully saturated rings. The zero-order chi connectivity index (χ0) is 18.5. The van der Waals surface area contributed by atoms with Crippen LogP contribution in [0, 0.1) is 27.7 Å². The van der Waals surface area contributed by atoms with E-state index in [2.05, 4.69) is 98.3 Å². The maximum Gasteiger partial charge on any atom is 0.0688 e. The third-order valence-electron chi connectivity index (χ3n) is 4.50. The van der Waals surface area contributed by atoms with Gasteiger partial charge in [-0.1, -0.05) is 60.7 Å². The van der Waals surface area contributed by atoms with Crippen molar-refractivity contribution in [2.24, 2.45) is 9.98 Å². The summed E-state index contributed by atoms with van der Waals surface area (Å²) in [6.45, 7) is 8.36. The first-order valence-corrected chi connectivity index (χ1v) is 8.85. The Morgan fingerprint density at radius 2 is 0.808 bits per heavy atom. The maximum atomic E-state index is 4.66. The summed E-state index contributed by atoms with van der Waals surface area (Å²) >= 11 is 0. The minimum absolute atomic E-state index is 1.05. The second kappa shape index (κ2) is 7.92. The average molecular weight is 340 g/mol. The molecule has 0 aromatic heterocycles. The Labute approximate surface area is 156 Å². The molecular weight excluding hydrogens is 316 g/mol. The van der Waals surface area contributed by atoms with Gasteiger partial charge in [0.15, 0.2) is 0 Å². The summed E-state index contributed by atoms with van der Waals surface area (Å²) in [5.41, 5.74) is 9.03. The van der Waals surface area contributed by atoms with E-state index in [1.165, 1.54) is 22.3 Å². The molecular formula is C24H24N2. The van der Waals surface area contributed by atoms with Gasteiger partial charge >= 0.3 is 0 Å². The summed E-state index contributed by atoms with van der Waals surface area (Å²) in [5, 5.41) is 0. The summed E-state index contributed by atoms with van der Waals surface area (Å²) in [5.74, 6) is 0. The first-order valence-electron chi connectivity index (χ1n) is 8.85. The molecule has 26 heavy (non-hydrogen) atoms. The third kappa shape index (κ3) is 4.15. The lowest BCUT2D eigenvalue weighted by Crippen LogP contribution is -1.87. The van der Waals surface area contributed by atoms with Crippen LogP contribution in [-0.2, 0) is 0 Å². The van der Waals surface area contributed by atoms with Crippen LogP contribution >= 0.6 is 0 Å². The predicted molar refractivity (Wildman–Crippen MR) is 113 cm³/mol. The standard InChI is InChI=1S/C24H24N2/c1-17-7-5-8-18(2)23(17)25-15-21-11-13-22(14-12-21)16-26-24-19(3)9-6-10-20(24)4/h5-16H,1-4H3. The van der Waals surface area contributed by atoms with Gasteiger partial charge in [0.1, 0.15) is 0 Å². The summed E-state index contributed by atoms with van der Waals surface area (Å²) in [4.78, 5) is 9.33. The SMILES string of the molecule is Cc1cccc(C)c1N=Cc1ccc(C=Nc2c(C)cccc2C)cc1. The third-order valence-corrected chi connectivity index (χ3v) is 4.50. The fourth-order valence-corrected chi connectivity index (χ4v) is 2.96. The highest BCUT2D eigenvalue weighted by atomic mass is 14.7. The van der Waals surface area contributed by atoms with Crippen LogP contribution in [0.15, 0.2) is 70.6 Å². The highest BCUT2D eigenvalue weighted by molar-refractivity contribution is 5.86. The lowest BCUT2D eigenvalue weighted by atomic mass is 10.1. The van der Waals surface area contributed by atoms with Gasteiger partial charge in [-0.15, -0.1) is 0 Å². The Balaban J connectivity index is 1.77. The molecule has 3 aromatic carbocycles. The topological polar surface area (TPSA) is 24.7 Å². The Kier molecular flexibility index (Phi) is 5.43. The number of para-hydroxylation sites is 2. The molecule has 0 radical (unpaired) electrons. The second-order valence-electron chi connectivity index (χ2n) is 6.66. The van der Waals surface area contributed by atoms with E-state index in [1.807, 2.05) is 12.4 Å². The van der Waals surface area contributed by atoms with Crippen molar-refractivity contribution in [1.29, 1.82) is 0 Å². The van der Waals surface area contributed by atoms with Crippen LogP contribution in [0.4, 0.5) is 11.4 Å². The Morgan fingerprint density at radius 1 is 0.500 bits per heavy atom. The molecule has 0 saturated heterocycles. The van der Waals surface area contributed by atoms with E-state index in [9.17, 15) is 0 Å². The van der Waals surface area contributed by atoms with Crippen molar-refractivity contribution in [3.8, 4) is 0 Å². The van der Waals surface area contributed by atoms with E-state index in [0.717, 1.165) is 22.5 Å². The van der Waals surface area contributed by atoms with Gasteiger partial charge in [0, 0.05) is 12.4 Å². The number of aliphatic imine (C=N–C) groups is 2. The van der Waals surface area contributed by atoms with Crippen molar-refractivity contribution in [2.75, 3.05) is 0 Å². The summed E-state index contributed by atoms with van der Waals surface area (Å²) in [6.07, 6.45) is 3.84. The van der Waals surface area contributed by atoms with Crippen molar-refractivity contribution in [2.45, 2.75) is 27.7 Å². The van der Waals surface area contributed by atoms with E-state index in [1.54, 1.807) is 0 Å². The second-order valence-corrected chi connectivity index (χ2v) is 6.66. The fraction of sp³-hybridized carbons (Fsp3) is 0.167. The Hall–Kier alpha value is -3.00. The van der Waals surface area contributed by atoms with E-state index >= 15 is 0 Å². The van der Waals surface area contributed by atoms with Crippen LogP contribution in [0.5, 0.6) is 0 Å². The van der Waals surface area contributed by atoms with Crippen molar-refractivity contribution in [3.05, 3.63) is 94.0 Å². The molecule has 130 valence electrons. The van der Waals surface area contributed by atoms with Crippen molar-refractivity contribution in [1.82, 2.24) is 0 Å². The zero-order valence-corrected chi connectivity index (χ0v) is 15.8. The van der Waals surface area contributed by atoms with Gasteiger partial charge in [-0.25, -0.2) is 0 Å². The van der Waals surface area contributed by atoms with Crippen LogP contribution < -0.4 is 0 Å². The molecule has 0 bridgehead atoms. The highest BCUT2D eigenvalue weighted by Gasteiger charge is 2.00. The van der Waals surface area contributed by atoms with Crippen LogP contribution in [0.2, 0.25) is 0 Å². The number of benzene rings is 3. The Morgan fingerprint density at radius 3 is 1.12 bits per heavy atom. The molecule has 0 atom stereocenters. The van der Waals surface area contributed by atoms with E-state index in [4.69, 9.17) is 0 Å². The molecule has 0 saturated carbocycles. The summed E-state index contributed by atoms with van der Waals surface area (Å²) < 4.78 is 0. The van der Waals surface area contributed by atoms with Gasteiger partial charge < -0.3 is 0 Å². The molecule has 0 amide bonds. The van der Waals surface area contributed by atoms with Crippen LogP contribution in [0.3, 0.4) is 0 Å². The number of hydrogen-bond acceptors (Lipinski definition) is 2. The maximum absolute atomic E-state index is 4.66. The first-order chi connectivity index (χ1) is 12.5. The normalized spacial score (nSPS) is 11.5. The minimum atomic E-state index is 1.05. The van der Waals surface area contributed by atoms with Gasteiger partial charge in [0.2, 0.25) is 0 Å². The molecule has 2 heteroatoms. The Bertz CT molecular complexity index is 843. The van der Waals surface area contributed by atoms with Crippen molar-refractivity contribution < 1.29 is 0 Å². The van der Waals surface area contributed by atoms with Crippen LogP contribution in [-0.4, -0.2) is 12.4 Å². The van der Waals surface area contributed by atoms with Gasteiger partial charge in [0.05, 0.1) is 11.4 Å². The molecule has 0 aliphatic heterocycles. The molecule has 0 heterocycles. The van der Waals surface area contributed by atoms with E-state index < -0.39 is 0 Å². The van der Waals surface area contributed by atoms with Gasteiger partial charge in [-0.2, -0.15) is 0 Å². The molecule has 0 spiro atoms. The van der Waals surface area contributed by atoms with E-state index in [-0.39, 0.29) is 0 Å². The summed E-state index contributed by atoms with van der Waals surface area (Å²) in [6, 6.07) is 20.8. The molecule has 0 unspecified atom stereocenters. The lowest BCUT2D eigenvalue weighted by Gasteiger charge is -2.04. The lowest BCUT2D eigenvalue weighted by molar-refractivity contribution is 1.33. The number of rotatable bonds is 4. The molecule has 3 rings (SSSR count). The quantitative estimate of drug-likeness (QED) is 0.489. The van der Waals surface area contributed by atoms with E-state index in [0.29, 0.717) is 0 Å². The molecule has 3 aromatic rings. The predicted octanol–water partition coefficient (Wildman–Crippen LogP) is 6.42. The highest BCUT2D eigenvalue weighted by Crippen LogP contribution is 2.24. The molecule has 2 nitrogen and oxygen atoms in total. The van der Waals surface area contributed by atoms with Crippen molar-refractivity contribution in [3.63, 3.8) is 0 Å². The molecule has 0 N–H and O–H groups in total. The summed E-state index contributed by atoms with van der Waals surface area (Å²) in [7, 11) is 0. The van der Waals surface area contributed by atoms with Crippen LogP contribution in [0.1, 0.15) is 33.4 Å². The number of nitrogens with zero attached hydrogens (tertiary/aromatic N) is 2. The van der Waals surface area contributed by atoms with Crippen molar-refractivity contribution >= 4 is 23.8 Å². The van der Waals surface area contributed by atoms with Crippen LogP contribution in [0.25, 0.3) is 0 Å². The fourth-order valence-electron chi connectivity index (χ4n) is 2.96. The minimum Gasteiger partial charge on any atom is -0.256 e. The monoisotopic (exact) mass is 340 g/mol. The molecule has 0 aliphatic carbocycles. The first kappa shape index (κ1) is 17.8. The zero-order valence-electron chi connectivity index (χ0n) is 15.8. The van der Waals surface area contributed by atoms with Gasteiger partial charge in [-0.05, 0) is 61.1 Å². The smallest absolute Gasteiger partial charge is 0.0688 e. The average Bonchev–Trinajstić information content (AvgIpc) is 2.62. The largest absolute Gasteiger partial charge is 0.256 e. The number of hydrogen-bond donors (Lipinski definition) is 0. The van der Waals surface area contributed by atoms with Gasteiger partial charge in [0.25, 0.3) is 0 Å². The molecule has 0 aliphatic rings. The number of aryl methyl sites for hydroxylation is 4. The van der Waals surface area contributed by atoms with Gasteiger partial charge in [-0.3, -0.25) is 9.98 Å².